The van der Waals surface area contributed by atoms with E-state index in [-0.39, 0.29) is 5.41 Å². The standard InChI is InChI=1S/C32H50O/c1-5-7-9-10-11-12-13-14-16-22-27(21-15-8-6-2)28-23-17-18-24-29(28)32(3,4)30-25-19-20-26-31(30)33/h17-20,23-27,33H,5-16,21-22H2,1-4H3. The Labute approximate surface area is 205 Å². The Kier molecular flexibility index (Phi) is 12.7. The van der Waals surface area contributed by atoms with E-state index < -0.39 is 0 Å². The number of hydrogen-bond donors (Lipinski definition) is 1. The zero-order chi connectivity index (χ0) is 23.9. The van der Waals surface area contributed by atoms with Gasteiger partial charge in [0, 0.05) is 11.0 Å². The van der Waals surface area contributed by atoms with Crippen molar-refractivity contribution < 1.29 is 5.11 Å². The Hall–Kier alpha value is -1.76. The van der Waals surface area contributed by atoms with E-state index in [1.807, 2.05) is 18.2 Å². The Morgan fingerprint density at radius 1 is 0.606 bits per heavy atom. The van der Waals surface area contributed by atoms with E-state index in [1.54, 1.807) is 0 Å². The number of para-hydroxylation sites is 1. The molecule has 2 aromatic carbocycles. The summed E-state index contributed by atoms with van der Waals surface area (Å²) in [6, 6.07) is 16.9. The molecule has 0 bridgehead atoms. The van der Waals surface area contributed by atoms with Crippen LogP contribution in [0.5, 0.6) is 5.75 Å². The van der Waals surface area contributed by atoms with Crippen molar-refractivity contribution in [3.63, 3.8) is 0 Å². The maximum atomic E-state index is 10.6. The maximum Gasteiger partial charge on any atom is 0.119 e. The summed E-state index contributed by atoms with van der Waals surface area (Å²) >= 11 is 0. The minimum Gasteiger partial charge on any atom is -0.508 e. The Morgan fingerprint density at radius 2 is 1.06 bits per heavy atom. The lowest BCUT2D eigenvalue weighted by molar-refractivity contribution is 0.449. The van der Waals surface area contributed by atoms with Gasteiger partial charge in [-0.15, -0.1) is 0 Å². The molecule has 1 atom stereocenters. The molecule has 2 aromatic rings. The second-order valence-electron chi connectivity index (χ2n) is 10.5. The zero-order valence-electron chi connectivity index (χ0n) is 22.0. The summed E-state index contributed by atoms with van der Waals surface area (Å²) in [5.74, 6) is 1.02. The van der Waals surface area contributed by atoms with Gasteiger partial charge < -0.3 is 5.11 Å². The molecule has 0 amide bonds. The maximum absolute atomic E-state index is 10.6. The summed E-state index contributed by atoms with van der Waals surface area (Å²) in [4.78, 5) is 0. The average Bonchev–Trinajstić information content (AvgIpc) is 2.82. The van der Waals surface area contributed by atoms with E-state index in [0.717, 1.165) is 5.56 Å². The summed E-state index contributed by atoms with van der Waals surface area (Å²) in [6.45, 7) is 9.12. The first-order valence-electron chi connectivity index (χ1n) is 13.9. The average molecular weight is 451 g/mol. The predicted molar refractivity (Wildman–Crippen MR) is 145 cm³/mol. The van der Waals surface area contributed by atoms with E-state index in [4.69, 9.17) is 0 Å². The molecule has 184 valence electrons. The molecule has 0 saturated heterocycles. The quantitative estimate of drug-likeness (QED) is 0.238. The molecule has 0 aromatic heterocycles. The smallest absolute Gasteiger partial charge is 0.119 e. The molecule has 0 radical (unpaired) electrons. The van der Waals surface area contributed by atoms with Gasteiger partial charge in [0.15, 0.2) is 0 Å². The van der Waals surface area contributed by atoms with E-state index >= 15 is 0 Å². The first-order chi connectivity index (χ1) is 16.0. The van der Waals surface area contributed by atoms with Crippen molar-refractivity contribution >= 4 is 0 Å². The highest BCUT2D eigenvalue weighted by Crippen LogP contribution is 2.42. The van der Waals surface area contributed by atoms with Crippen LogP contribution in [0.3, 0.4) is 0 Å². The largest absolute Gasteiger partial charge is 0.508 e. The van der Waals surface area contributed by atoms with Crippen LogP contribution in [0.4, 0.5) is 0 Å². The van der Waals surface area contributed by atoms with Gasteiger partial charge >= 0.3 is 0 Å². The third kappa shape index (κ3) is 8.84. The number of unbranched alkanes of at least 4 members (excludes halogenated alkanes) is 10. The molecular weight excluding hydrogens is 400 g/mol. The van der Waals surface area contributed by atoms with Gasteiger partial charge in [-0.1, -0.05) is 147 Å². The van der Waals surface area contributed by atoms with Crippen molar-refractivity contribution in [2.45, 2.75) is 129 Å². The number of hydrogen-bond acceptors (Lipinski definition) is 1. The van der Waals surface area contributed by atoms with Crippen LogP contribution in [0.15, 0.2) is 48.5 Å². The number of phenols is 1. The predicted octanol–water partition coefficient (Wildman–Crippen LogP) is 10.3. The molecule has 1 nitrogen and oxygen atoms in total. The summed E-state index contributed by atoms with van der Waals surface area (Å²) < 4.78 is 0. The van der Waals surface area contributed by atoms with Crippen LogP contribution >= 0.6 is 0 Å². The molecule has 0 heterocycles. The van der Waals surface area contributed by atoms with Crippen LogP contribution in [-0.2, 0) is 5.41 Å². The second kappa shape index (κ2) is 15.2. The highest BCUT2D eigenvalue weighted by atomic mass is 16.3. The van der Waals surface area contributed by atoms with Crippen LogP contribution in [0.25, 0.3) is 0 Å². The molecule has 0 fully saturated rings. The number of rotatable bonds is 17. The number of phenolic OH excluding ortho intramolecular Hbond substituents is 1. The van der Waals surface area contributed by atoms with E-state index in [1.165, 1.54) is 101 Å². The monoisotopic (exact) mass is 450 g/mol. The Balaban J connectivity index is 2.07. The van der Waals surface area contributed by atoms with Gasteiger partial charge in [-0.25, -0.2) is 0 Å². The van der Waals surface area contributed by atoms with Gasteiger partial charge in [-0.2, -0.15) is 0 Å². The molecule has 0 aliphatic rings. The second-order valence-corrected chi connectivity index (χ2v) is 10.5. The Bertz CT molecular complexity index is 776. The van der Waals surface area contributed by atoms with Crippen LogP contribution < -0.4 is 0 Å². The molecule has 1 heteroatoms. The van der Waals surface area contributed by atoms with Crippen LogP contribution in [0, 0.1) is 0 Å². The van der Waals surface area contributed by atoms with E-state index in [0.29, 0.717) is 11.7 Å². The molecule has 1 unspecified atom stereocenters. The Morgan fingerprint density at radius 3 is 1.67 bits per heavy atom. The van der Waals surface area contributed by atoms with Crippen LogP contribution in [-0.4, -0.2) is 5.11 Å². The van der Waals surface area contributed by atoms with Gasteiger partial charge in [0.05, 0.1) is 0 Å². The zero-order valence-corrected chi connectivity index (χ0v) is 22.0. The van der Waals surface area contributed by atoms with Gasteiger partial charge in [0.1, 0.15) is 5.75 Å². The van der Waals surface area contributed by atoms with Gasteiger partial charge in [-0.05, 0) is 36.0 Å². The number of aromatic hydroxyl groups is 1. The van der Waals surface area contributed by atoms with E-state index in [2.05, 4.69) is 58.0 Å². The van der Waals surface area contributed by atoms with E-state index in [9.17, 15) is 5.11 Å². The van der Waals surface area contributed by atoms with Gasteiger partial charge in [-0.3, -0.25) is 0 Å². The van der Waals surface area contributed by atoms with Crippen molar-refractivity contribution in [1.82, 2.24) is 0 Å². The molecule has 0 aliphatic heterocycles. The fourth-order valence-corrected chi connectivity index (χ4v) is 5.37. The van der Waals surface area contributed by atoms with Crippen LogP contribution in [0.2, 0.25) is 0 Å². The number of benzene rings is 2. The van der Waals surface area contributed by atoms with Crippen molar-refractivity contribution in [3.05, 3.63) is 65.2 Å². The van der Waals surface area contributed by atoms with Crippen molar-refractivity contribution in [3.8, 4) is 5.75 Å². The van der Waals surface area contributed by atoms with Crippen LogP contribution in [0.1, 0.15) is 140 Å². The molecular formula is C32H50O. The SMILES string of the molecule is CCCCCCCCCCCC(CCCCC)c1ccccc1C(C)(C)c1ccccc1O. The lowest BCUT2D eigenvalue weighted by Crippen LogP contribution is -2.22. The summed E-state index contributed by atoms with van der Waals surface area (Å²) in [7, 11) is 0. The molecule has 1 N–H and O–H groups in total. The van der Waals surface area contributed by atoms with Crippen molar-refractivity contribution in [2.24, 2.45) is 0 Å². The summed E-state index contributed by atoms with van der Waals surface area (Å²) in [6.07, 6.45) is 18.9. The third-order valence-electron chi connectivity index (χ3n) is 7.46. The molecule has 0 saturated carbocycles. The topological polar surface area (TPSA) is 20.2 Å². The minimum absolute atomic E-state index is 0.219. The summed E-state index contributed by atoms with van der Waals surface area (Å²) in [5.41, 5.74) is 3.68. The molecule has 0 spiro atoms. The highest BCUT2D eigenvalue weighted by molar-refractivity contribution is 5.48. The molecule has 33 heavy (non-hydrogen) atoms. The first kappa shape index (κ1) is 27.5. The fourth-order valence-electron chi connectivity index (χ4n) is 5.37. The van der Waals surface area contributed by atoms with Gasteiger partial charge in [0.25, 0.3) is 0 Å². The van der Waals surface area contributed by atoms with Crippen molar-refractivity contribution in [2.75, 3.05) is 0 Å². The fraction of sp³-hybridized carbons (Fsp3) is 0.625. The third-order valence-corrected chi connectivity index (χ3v) is 7.46. The minimum atomic E-state index is -0.219. The van der Waals surface area contributed by atoms with Gasteiger partial charge in [0.2, 0.25) is 0 Å². The normalized spacial score (nSPS) is 12.7. The summed E-state index contributed by atoms with van der Waals surface area (Å²) in [5, 5.41) is 10.6. The van der Waals surface area contributed by atoms with Crippen molar-refractivity contribution in [1.29, 1.82) is 0 Å². The lowest BCUT2D eigenvalue weighted by Gasteiger charge is -2.32. The molecule has 2 rings (SSSR count). The molecule has 0 aliphatic carbocycles. The lowest BCUT2D eigenvalue weighted by atomic mass is 9.72. The first-order valence-corrected chi connectivity index (χ1v) is 13.9. The highest BCUT2D eigenvalue weighted by Gasteiger charge is 2.30.